The quantitative estimate of drug-likeness (QED) is 0.259. The summed E-state index contributed by atoms with van der Waals surface area (Å²) < 4.78 is 6.76. The highest BCUT2D eigenvalue weighted by Crippen LogP contribution is 2.38. The Morgan fingerprint density at radius 1 is 1.18 bits per heavy atom. The summed E-state index contributed by atoms with van der Waals surface area (Å²) >= 11 is 16.2. The Hall–Kier alpha value is -2.65. The fourth-order valence-corrected chi connectivity index (χ4v) is 4.92. The number of thiocarbonyl (C=S) groups is 1. The third-order valence-electron chi connectivity index (χ3n) is 4.80. The summed E-state index contributed by atoms with van der Waals surface area (Å²) in [4.78, 5) is 27.1. The topological polar surface area (TPSA) is 58.6 Å². The van der Waals surface area contributed by atoms with E-state index in [2.05, 4.69) is 21.2 Å². The number of aryl methyl sites for hydroxylation is 1. The molecule has 3 aromatic carbocycles. The molecule has 0 aromatic heterocycles. The van der Waals surface area contributed by atoms with Gasteiger partial charge in [0, 0.05) is 10.2 Å². The van der Waals surface area contributed by atoms with E-state index in [1.54, 1.807) is 36.4 Å². The van der Waals surface area contributed by atoms with E-state index in [0.717, 1.165) is 21.3 Å². The lowest BCUT2D eigenvalue weighted by Gasteiger charge is -2.15. The Labute approximate surface area is 220 Å². The molecule has 0 spiro atoms. The van der Waals surface area contributed by atoms with Gasteiger partial charge < -0.3 is 10.1 Å². The van der Waals surface area contributed by atoms with Crippen LogP contribution in [0.3, 0.4) is 0 Å². The maximum Gasteiger partial charge on any atom is 0.270 e. The Balaban J connectivity index is 1.38. The molecule has 1 aliphatic rings. The fraction of sp³-hybridized carbons (Fsp3) is 0.0800. The van der Waals surface area contributed by atoms with Gasteiger partial charge in [-0.2, -0.15) is 0 Å². The van der Waals surface area contributed by atoms with Crippen molar-refractivity contribution in [2.75, 3.05) is 16.8 Å². The van der Waals surface area contributed by atoms with Crippen molar-refractivity contribution in [1.82, 2.24) is 0 Å². The first-order valence-electron chi connectivity index (χ1n) is 10.1. The standard InChI is InChI=1S/C25H18BrClN2O3S2/c1-15-3-2-4-17(11-15)28-23(30)14-32-19-8-5-16(6-9-19)12-22-24(31)29(25(33)34-22)18-7-10-20(26)21(27)13-18/h2-13H,14H2,1H3,(H,28,30)/b22-12+. The monoisotopic (exact) mass is 572 g/mol. The first-order valence-corrected chi connectivity index (χ1v) is 12.5. The van der Waals surface area contributed by atoms with E-state index in [9.17, 15) is 9.59 Å². The lowest BCUT2D eigenvalue weighted by atomic mass is 10.2. The highest BCUT2D eigenvalue weighted by Gasteiger charge is 2.33. The molecule has 0 bridgehead atoms. The Morgan fingerprint density at radius 2 is 1.94 bits per heavy atom. The summed E-state index contributed by atoms with van der Waals surface area (Å²) in [6, 6.07) is 19.9. The number of amides is 2. The molecule has 0 atom stereocenters. The number of benzene rings is 3. The van der Waals surface area contributed by atoms with Gasteiger partial charge in [0.2, 0.25) is 0 Å². The number of nitrogens with one attached hydrogen (secondary N) is 1. The molecule has 0 saturated carbocycles. The molecule has 1 heterocycles. The molecular weight excluding hydrogens is 556 g/mol. The zero-order chi connectivity index (χ0) is 24.2. The minimum atomic E-state index is -0.244. The molecule has 3 aromatic rings. The molecule has 0 unspecified atom stereocenters. The third kappa shape index (κ3) is 5.88. The Morgan fingerprint density at radius 3 is 2.65 bits per heavy atom. The van der Waals surface area contributed by atoms with Gasteiger partial charge >= 0.3 is 0 Å². The first-order chi connectivity index (χ1) is 16.3. The van der Waals surface area contributed by atoms with Gasteiger partial charge in [0.25, 0.3) is 11.8 Å². The number of thioether (sulfide) groups is 1. The predicted molar refractivity (Wildman–Crippen MR) is 147 cm³/mol. The molecular formula is C25H18BrClN2O3S2. The molecule has 9 heteroatoms. The normalized spacial score (nSPS) is 14.6. The zero-order valence-electron chi connectivity index (χ0n) is 17.9. The van der Waals surface area contributed by atoms with Crippen molar-refractivity contribution in [2.45, 2.75) is 6.92 Å². The fourth-order valence-electron chi connectivity index (χ4n) is 3.19. The van der Waals surface area contributed by atoms with Crippen LogP contribution in [0.25, 0.3) is 6.08 Å². The summed E-state index contributed by atoms with van der Waals surface area (Å²) in [7, 11) is 0. The number of nitrogens with zero attached hydrogens (tertiary/aromatic N) is 1. The van der Waals surface area contributed by atoms with Crippen LogP contribution in [0.5, 0.6) is 5.75 Å². The summed E-state index contributed by atoms with van der Waals surface area (Å²) in [6.45, 7) is 1.85. The number of anilines is 2. The number of halogens is 2. The van der Waals surface area contributed by atoms with Crippen molar-refractivity contribution in [1.29, 1.82) is 0 Å². The van der Waals surface area contributed by atoms with Crippen LogP contribution in [-0.2, 0) is 9.59 Å². The van der Waals surface area contributed by atoms with Crippen molar-refractivity contribution in [3.63, 3.8) is 0 Å². The SMILES string of the molecule is Cc1cccc(NC(=O)COc2ccc(/C=C3/SC(=S)N(c4ccc(Br)c(Cl)c4)C3=O)cc2)c1. The maximum absolute atomic E-state index is 13.0. The highest BCUT2D eigenvalue weighted by molar-refractivity contribution is 9.10. The second-order valence-corrected chi connectivity index (χ2v) is 10.3. The smallest absolute Gasteiger partial charge is 0.270 e. The highest BCUT2D eigenvalue weighted by atomic mass is 79.9. The molecule has 4 rings (SSSR count). The van der Waals surface area contributed by atoms with Crippen molar-refractivity contribution in [2.24, 2.45) is 0 Å². The molecule has 5 nitrogen and oxygen atoms in total. The van der Waals surface area contributed by atoms with Crippen LogP contribution in [0.15, 0.2) is 76.1 Å². The Bertz CT molecular complexity index is 1310. The molecule has 0 radical (unpaired) electrons. The van der Waals surface area contributed by atoms with Crippen LogP contribution in [0.1, 0.15) is 11.1 Å². The largest absolute Gasteiger partial charge is 0.484 e. The molecule has 1 fully saturated rings. The molecule has 0 aliphatic carbocycles. The van der Waals surface area contributed by atoms with Gasteiger partial charge in [0.1, 0.15) is 5.75 Å². The van der Waals surface area contributed by atoms with Crippen molar-refractivity contribution in [3.05, 3.63) is 92.3 Å². The van der Waals surface area contributed by atoms with Crippen LogP contribution >= 0.6 is 51.5 Å². The number of carbonyl (C=O) groups excluding carboxylic acids is 2. The van der Waals surface area contributed by atoms with Gasteiger partial charge in [0.05, 0.1) is 15.6 Å². The first kappa shape index (κ1) is 24.5. The van der Waals surface area contributed by atoms with Gasteiger partial charge in [-0.15, -0.1) is 0 Å². The van der Waals surface area contributed by atoms with Gasteiger partial charge in [-0.05, 0) is 82.5 Å². The van der Waals surface area contributed by atoms with Crippen molar-refractivity contribution < 1.29 is 14.3 Å². The van der Waals surface area contributed by atoms with Crippen LogP contribution in [-0.4, -0.2) is 22.7 Å². The van der Waals surface area contributed by atoms with Crippen LogP contribution in [0, 0.1) is 6.92 Å². The van der Waals surface area contributed by atoms with Gasteiger partial charge in [-0.3, -0.25) is 14.5 Å². The molecule has 172 valence electrons. The van der Waals surface area contributed by atoms with Crippen molar-refractivity contribution in [3.8, 4) is 5.75 Å². The van der Waals surface area contributed by atoms with E-state index in [0.29, 0.717) is 25.7 Å². The molecule has 2 amide bonds. The van der Waals surface area contributed by atoms with Crippen LogP contribution in [0.2, 0.25) is 5.02 Å². The van der Waals surface area contributed by atoms with E-state index in [-0.39, 0.29) is 18.4 Å². The van der Waals surface area contributed by atoms with Crippen molar-refractivity contribution >= 4 is 85.1 Å². The summed E-state index contributed by atoms with van der Waals surface area (Å²) in [5, 5.41) is 3.30. The molecule has 34 heavy (non-hydrogen) atoms. The minimum Gasteiger partial charge on any atom is -0.484 e. The minimum absolute atomic E-state index is 0.109. The number of ether oxygens (including phenoxy) is 1. The lowest BCUT2D eigenvalue weighted by molar-refractivity contribution is -0.118. The van der Waals surface area contributed by atoms with Crippen LogP contribution < -0.4 is 15.0 Å². The second kappa shape index (κ2) is 10.7. The van der Waals surface area contributed by atoms with Gasteiger partial charge in [-0.25, -0.2) is 0 Å². The summed E-state index contributed by atoms with van der Waals surface area (Å²) in [5.74, 6) is 0.0986. The number of hydrogen-bond donors (Lipinski definition) is 1. The van der Waals surface area contributed by atoms with Gasteiger partial charge in [-0.1, -0.05) is 59.8 Å². The molecule has 1 aliphatic heterocycles. The number of hydrogen-bond acceptors (Lipinski definition) is 5. The Kier molecular flexibility index (Phi) is 7.73. The lowest BCUT2D eigenvalue weighted by Crippen LogP contribution is -2.27. The van der Waals surface area contributed by atoms with Crippen LogP contribution in [0.4, 0.5) is 11.4 Å². The molecule has 1 N–H and O–H groups in total. The second-order valence-electron chi connectivity index (χ2n) is 7.39. The number of carbonyl (C=O) groups is 2. The average Bonchev–Trinajstić information content (AvgIpc) is 3.08. The van der Waals surface area contributed by atoms with E-state index in [1.165, 1.54) is 16.7 Å². The van der Waals surface area contributed by atoms with E-state index in [4.69, 9.17) is 28.6 Å². The van der Waals surface area contributed by atoms with Gasteiger partial charge in [0.15, 0.2) is 10.9 Å². The number of rotatable bonds is 6. The zero-order valence-corrected chi connectivity index (χ0v) is 21.9. The predicted octanol–water partition coefficient (Wildman–Crippen LogP) is 6.83. The third-order valence-corrected chi connectivity index (χ3v) is 7.34. The molecule has 1 saturated heterocycles. The summed E-state index contributed by atoms with van der Waals surface area (Å²) in [5.41, 5.74) is 3.22. The average molecular weight is 574 g/mol. The van der Waals surface area contributed by atoms with E-state index in [1.807, 2.05) is 43.3 Å². The van der Waals surface area contributed by atoms with E-state index < -0.39 is 0 Å². The maximum atomic E-state index is 13.0. The summed E-state index contributed by atoms with van der Waals surface area (Å²) in [6.07, 6.45) is 1.77. The van der Waals surface area contributed by atoms with E-state index >= 15 is 0 Å².